The fourth-order valence-electron chi connectivity index (χ4n) is 3.06. The Bertz CT molecular complexity index is 657. The summed E-state index contributed by atoms with van der Waals surface area (Å²) in [6.07, 6.45) is 0. The lowest BCUT2D eigenvalue weighted by Crippen LogP contribution is -2.48. The first kappa shape index (κ1) is 21.8. The van der Waals surface area contributed by atoms with Crippen LogP contribution in [0.3, 0.4) is 0 Å². The minimum absolute atomic E-state index is 0.155. The third-order valence-corrected chi connectivity index (χ3v) is 4.57. The second-order valence-electron chi connectivity index (χ2n) is 6.53. The minimum atomic E-state index is 0.155. The summed E-state index contributed by atoms with van der Waals surface area (Å²) in [6.45, 7) is 11.9. The van der Waals surface area contributed by atoms with Crippen molar-refractivity contribution in [1.82, 2.24) is 15.1 Å². The molecule has 8 nitrogen and oxygen atoms in total. The molecule has 2 N–H and O–H groups in total. The third-order valence-electron chi connectivity index (χ3n) is 4.57. The number of benzene rings is 1. The van der Waals surface area contributed by atoms with Crippen LogP contribution in [0.15, 0.2) is 23.2 Å². The maximum atomic E-state index is 11.4. The number of hydrogen-bond donors (Lipinski definition) is 2. The van der Waals surface area contributed by atoms with Gasteiger partial charge in [-0.2, -0.15) is 0 Å². The van der Waals surface area contributed by atoms with Gasteiger partial charge in [0.2, 0.25) is 5.91 Å². The van der Waals surface area contributed by atoms with E-state index in [9.17, 15) is 4.79 Å². The highest BCUT2D eigenvalue weighted by molar-refractivity contribution is 5.93. The zero-order valence-electron chi connectivity index (χ0n) is 17.5. The van der Waals surface area contributed by atoms with E-state index in [0.29, 0.717) is 24.7 Å². The molecule has 0 bridgehead atoms. The number of piperazine rings is 1. The zero-order chi connectivity index (χ0) is 20.4. The van der Waals surface area contributed by atoms with Gasteiger partial charge in [0.15, 0.2) is 17.5 Å². The van der Waals surface area contributed by atoms with E-state index in [4.69, 9.17) is 9.47 Å². The summed E-state index contributed by atoms with van der Waals surface area (Å²) in [5.74, 6) is 2.30. The summed E-state index contributed by atoms with van der Waals surface area (Å²) in [4.78, 5) is 20.3. The van der Waals surface area contributed by atoms with Crippen molar-refractivity contribution >= 4 is 17.6 Å². The number of nitrogens with one attached hydrogen (secondary N) is 2. The molecule has 1 fully saturated rings. The normalized spacial score (nSPS) is 15.3. The number of hydrogen-bond acceptors (Lipinski definition) is 5. The maximum Gasteiger partial charge on any atom is 0.219 e. The van der Waals surface area contributed by atoms with Gasteiger partial charge in [-0.3, -0.25) is 14.7 Å². The van der Waals surface area contributed by atoms with Crippen LogP contribution in [0.5, 0.6) is 11.5 Å². The van der Waals surface area contributed by atoms with Gasteiger partial charge in [-0.05, 0) is 26.0 Å². The lowest BCUT2D eigenvalue weighted by Gasteiger charge is -2.33. The molecule has 1 aliphatic heterocycles. The van der Waals surface area contributed by atoms with Crippen molar-refractivity contribution in [3.05, 3.63) is 18.2 Å². The average Bonchev–Trinajstić information content (AvgIpc) is 2.69. The molecule has 8 heteroatoms. The average molecular weight is 392 g/mol. The first-order valence-electron chi connectivity index (χ1n) is 9.91. The van der Waals surface area contributed by atoms with Crippen LogP contribution >= 0.6 is 0 Å². The van der Waals surface area contributed by atoms with Crippen molar-refractivity contribution in [2.24, 2.45) is 4.99 Å². The van der Waals surface area contributed by atoms with E-state index >= 15 is 0 Å². The monoisotopic (exact) mass is 391 g/mol. The minimum Gasteiger partial charge on any atom is -0.493 e. The molecule has 0 aromatic heterocycles. The van der Waals surface area contributed by atoms with Gasteiger partial charge in [-0.15, -0.1) is 0 Å². The number of guanidine groups is 1. The molecule has 156 valence electrons. The topological polar surface area (TPSA) is 78.4 Å². The number of anilines is 1. The number of ether oxygens (including phenoxy) is 2. The summed E-state index contributed by atoms with van der Waals surface area (Å²) in [7, 11) is 1.63. The highest BCUT2D eigenvalue weighted by Gasteiger charge is 2.17. The van der Waals surface area contributed by atoms with E-state index in [0.717, 1.165) is 50.9 Å². The van der Waals surface area contributed by atoms with E-state index in [1.807, 2.05) is 36.9 Å². The number of methoxy groups -OCH3 is 1. The largest absolute Gasteiger partial charge is 0.493 e. The molecular formula is C20H33N5O3. The lowest BCUT2D eigenvalue weighted by molar-refractivity contribution is -0.130. The molecule has 1 aliphatic rings. The smallest absolute Gasteiger partial charge is 0.219 e. The molecule has 2 rings (SSSR count). The van der Waals surface area contributed by atoms with Gasteiger partial charge >= 0.3 is 0 Å². The third kappa shape index (κ3) is 6.60. The Morgan fingerprint density at radius 3 is 2.54 bits per heavy atom. The Balaban J connectivity index is 1.92. The molecule has 1 heterocycles. The second kappa shape index (κ2) is 11.4. The van der Waals surface area contributed by atoms with Gasteiger partial charge < -0.3 is 25.0 Å². The predicted molar refractivity (Wildman–Crippen MR) is 112 cm³/mol. The molecule has 0 radical (unpaired) electrons. The molecule has 0 saturated carbocycles. The Morgan fingerprint density at radius 2 is 1.93 bits per heavy atom. The molecule has 1 amide bonds. The number of nitrogens with zero attached hydrogens (tertiary/aromatic N) is 3. The van der Waals surface area contributed by atoms with E-state index in [-0.39, 0.29) is 5.91 Å². The van der Waals surface area contributed by atoms with Crippen molar-refractivity contribution in [2.45, 2.75) is 20.8 Å². The Labute approximate surface area is 167 Å². The standard InChI is InChI=1S/C20H33N5O3/c1-5-21-20(22-9-10-24-11-13-25(14-12-24)16(3)26)23-17-7-8-18(27-4)19(15-17)28-6-2/h7-8,15H,5-6,9-14H2,1-4H3,(H2,21,22,23). The number of aliphatic imine (C=N–C) groups is 1. The summed E-state index contributed by atoms with van der Waals surface area (Å²) >= 11 is 0. The number of amides is 1. The van der Waals surface area contributed by atoms with Crippen LogP contribution in [0.4, 0.5) is 5.69 Å². The van der Waals surface area contributed by atoms with Gasteiger partial charge in [-0.25, -0.2) is 0 Å². The summed E-state index contributed by atoms with van der Waals surface area (Å²) in [5, 5.41) is 6.59. The number of carbonyl (C=O) groups is 1. The molecule has 1 saturated heterocycles. The molecule has 28 heavy (non-hydrogen) atoms. The molecular weight excluding hydrogens is 358 g/mol. The SMILES string of the molecule is CCNC(=NCCN1CCN(C(C)=O)CC1)Nc1ccc(OC)c(OCC)c1. The lowest BCUT2D eigenvalue weighted by atomic mass is 10.2. The molecule has 1 aromatic carbocycles. The van der Waals surface area contributed by atoms with E-state index in [2.05, 4.69) is 20.5 Å². The summed E-state index contributed by atoms with van der Waals surface area (Å²) < 4.78 is 11.0. The van der Waals surface area contributed by atoms with Gasteiger partial charge in [-0.1, -0.05) is 0 Å². The van der Waals surface area contributed by atoms with Crippen LogP contribution in [0.2, 0.25) is 0 Å². The highest BCUT2D eigenvalue weighted by atomic mass is 16.5. The molecule has 1 aromatic rings. The Kier molecular flexibility index (Phi) is 8.87. The number of carbonyl (C=O) groups excluding carboxylic acids is 1. The van der Waals surface area contributed by atoms with Crippen LogP contribution in [-0.2, 0) is 4.79 Å². The van der Waals surface area contributed by atoms with Crippen molar-refractivity contribution in [2.75, 3.05) is 64.8 Å². The summed E-state index contributed by atoms with van der Waals surface area (Å²) in [6, 6.07) is 5.73. The van der Waals surface area contributed by atoms with Crippen LogP contribution < -0.4 is 20.1 Å². The van der Waals surface area contributed by atoms with E-state index < -0.39 is 0 Å². The fourth-order valence-corrected chi connectivity index (χ4v) is 3.06. The fraction of sp³-hybridized carbons (Fsp3) is 0.600. The first-order chi connectivity index (χ1) is 13.6. The summed E-state index contributed by atoms with van der Waals surface area (Å²) in [5.41, 5.74) is 0.888. The molecule has 0 atom stereocenters. The Morgan fingerprint density at radius 1 is 1.18 bits per heavy atom. The molecule has 0 aliphatic carbocycles. The van der Waals surface area contributed by atoms with E-state index in [1.165, 1.54) is 0 Å². The first-order valence-corrected chi connectivity index (χ1v) is 9.91. The number of rotatable bonds is 8. The van der Waals surface area contributed by atoms with Gasteiger partial charge in [0.05, 0.1) is 20.3 Å². The van der Waals surface area contributed by atoms with Crippen molar-refractivity contribution in [3.8, 4) is 11.5 Å². The van der Waals surface area contributed by atoms with Crippen LogP contribution in [0, 0.1) is 0 Å². The molecule has 0 unspecified atom stereocenters. The maximum absolute atomic E-state index is 11.4. The van der Waals surface area contributed by atoms with Crippen LogP contribution in [0.25, 0.3) is 0 Å². The molecule has 0 spiro atoms. The van der Waals surface area contributed by atoms with Crippen LogP contribution in [0.1, 0.15) is 20.8 Å². The zero-order valence-corrected chi connectivity index (χ0v) is 17.5. The van der Waals surface area contributed by atoms with Gasteiger partial charge in [0.25, 0.3) is 0 Å². The Hall–Kier alpha value is -2.48. The quantitative estimate of drug-likeness (QED) is 0.518. The highest BCUT2D eigenvalue weighted by Crippen LogP contribution is 2.30. The van der Waals surface area contributed by atoms with Gasteiger partial charge in [0.1, 0.15) is 0 Å². The predicted octanol–water partition coefficient (Wildman–Crippen LogP) is 1.64. The van der Waals surface area contributed by atoms with Crippen molar-refractivity contribution < 1.29 is 14.3 Å². The second-order valence-corrected chi connectivity index (χ2v) is 6.53. The van der Waals surface area contributed by atoms with E-state index in [1.54, 1.807) is 14.0 Å². The van der Waals surface area contributed by atoms with Crippen molar-refractivity contribution in [3.63, 3.8) is 0 Å². The van der Waals surface area contributed by atoms with Gasteiger partial charge in [0, 0.05) is 57.9 Å². The van der Waals surface area contributed by atoms with Crippen LogP contribution in [-0.4, -0.2) is 81.2 Å². The van der Waals surface area contributed by atoms with Crippen molar-refractivity contribution in [1.29, 1.82) is 0 Å².